The van der Waals surface area contributed by atoms with Crippen molar-refractivity contribution >= 4 is 11.9 Å². The van der Waals surface area contributed by atoms with E-state index in [0.717, 1.165) is 0 Å². The van der Waals surface area contributed by atoms with E-state index in [-0.39, 0.29) is 18.0 Å². The van der Waals surface area contributed by atoms with E-state index in [1.165, 1.54) is 42.6 Å². The molecule has 0 aliphatic rings. The summed E-state index contributed by atoms with van der Waals surface area (Å²) >= 11 is 0. The van der Waals surface area contributed by atoms with Crippen LogP contribution >= 0.6 is 0 Å². The molecule has 2 aromatic carbocycles. The van der Waals surface area contributed by atoms with Crippen molar-refractivity contribution in [3.8, 4) is 5.75 Å². The van der Waals surface area contributed by atoms with Crippen LogP contribution in [0.25, 0.3) is 0 Å². The van der Waals surface area contributed by atoms with Crippen molar-refractivity contribution in [2.75, 3.05) is 0 Å². The van der Waals surface area contributed by atoms with Crippen molar-refractivity contribution in [1.82, 2.24) is 0 Å². The Morgan fingerprint density at radius 1 is 1.22 bits per heavy atom. The number of alkyl halides is 2. The van der Waals surface area contributed by atoms with Crippen LogP contribution in [0.2, 0.25) is 0 Å². The van der Waals surface area contributed by atoms with E-state index in [0.29, 0.717) is 11.1 Å². The highest BCUT2D eigenvalue weighted by Crippen LogP contribution is 2.15. The van der Waals surface area contributed by atoms with E-state index in [9.17, 15) is 18.9 Å². The molecule has 2 rings (SSSR count). The van der Waals surface area contributed by atoms with Gasteiger partial charge in [-0.25, -0.2) is 0 Å². The first kappa shape index (κ1) is 16.3. The van der Waals surface area contributed by atoms with Crippen LogP contribution in [0.4, 0.5) is 14.5 Å². The number of benzene rings is 2. The molecule has 0 saturated carbocycles. The van der Waals surface area contributed by atoms with Crippen molar-refractivity contribution < 1.29 is 23.3 Å². The molecule has 0 radical (unpaired) electrons. The molecule has 0 atom stereocenters. The van der Waals surface area contributed by atoms with Crippen molar-refractivity contribution in [2.45, 2.75) is 13.2 Å². The second-order valence-corrected chi connectivity index (χ2v) is 4.38. The molecular formula is C15H12F2N2O4. The third-order valence-electron chi connectivity index (χ3n) is 2.73. The highest BCUT2D eigenvalue weighted by molar-refractivity contribution is 5.79. The van der Waals surface area contributed by atoms with Gasteiger partial charge in [0.1, 0.15) is 12.4 Å². The van der Waals surface area contributed by atoms with E-state index < -0.39 is 11.5 Å². The maximum absolute atomic E-state index is 12.0. The Morgan fingerprint density at radius 2 is 1.96 bits per heavy atom. The first-order valence-corrected chi connectivity index (χ1v) is 6.48. The van der Waals surface area contributed by atoms with E-state index in [1.54, 1.807) is 12.1 Å². The predicted molar refractivity (Wildman–Crippen MR) is 78.6 cm³/mol. The lowest BCUT2D eigenvalue weighted by Gasteiger charge is -2.03. The Balaban J connectivity index is 1.87. The minimum Gasteiger partial charge on any atom is -0.435 e. The lowest BCUT2D eigenvalue weighted by molar-refractivity contribution is -0.384. The first-order valence-electron chi connectivity index (χ1n) is 6.48. The molecule has 0 aliphatic heterocycles. The molecular weight excluding hydrogens is 310 g/mol. The van der Waals surface area contributed by atoms with E-state index in [1.807, 2.05) is 0 Å². The maximum Gasteiger partial charge on any atom is 0.387 e. The number of ether oxygens (including phenoxy) is 1. The van der Waals surface area contributed by atoms with Gasteiger partial charge in [-0.05, 0) is 35.4 Å². The summed E-state index contributed by atoms with van der Waals surface area (Å²) in [5.41, 5.74) is 1.22. The Morgan fingerprint density at radius 3 is 2.61 bits per heavy atom. The van der Waals surface area contributed by atoms with Gasteiger partial charge in [0.05, 0.1) is 11.1 Å². The number of rotatable bonds is 7. The van der Waals surface area contributed by atoms with Crippen molar-refractivity contribution in [3.05, 3.63) is 69.8 Å². The van der Waals surface area contributed by atoms with Crippen LogP contribution in [-0.2, 0) is 11.4 Å². The highest BCUT2D eigenvalue weighted by Gasteiger charge is 2.05. The summed E-state index contributed by atoms with van der Waals surface area (Å²) in [6.07, 6.45) is 1.39. The summed E-state index contributed by atoms with van der Waals surface area (Å²) in [4.78, 5) is 15.2. The van der Waals surface area contributed by atoms with Gasteiger partial charge >= 0.3 is 6.61 Å². The van der Waals surface area contributed by atoms with Crippen LogP contribution in [0.3, 0.4) is 0 Å². The molecule has 0 heterocycles. The normalized spacial score (nSPS) is 10.9. The lowest BCUT2D eigenvalue weighted by atomic mass is 10.2. The summed E-state index contributed by atoms with van der Waals surface area (Å²) in [7, 11) is 0. The Labute approximate surface area is 130 Å². The topological polar surface area (TPSA) is 74.0 Å². The highest BCUT2D eigenvalue weighted by atomic mass is 19.3. The zero-order chi connectivity index (χ0) is 16.7. The summed E-state index contributed by atoms with van der Waals surface area (Å²) in [5.74, 6) is 0.0506. The standard InChI is InChI=1S/C15H12F2N2O4/c16-15(17)23-14-6-4-11(5-7-14)9-18-22-10-12-2-1-3-13(8-12)19(20)21/h1-9,15H,10H2. The smallest absolute Gasteiger partial charge is 0.387 e. The lowest BCUT2D eigenvalue weighted by Crippen LogP contribution is -2.01. The Kier molecular flexibility index (Phi) is 5.56. The van der Waals surface area contributed by atoms with Gasteiger partial charge < -0.3 is 9.57 Å². The third-order valence-corrected chi connectivity index (χ3v) is 2.73. The Bertz CT molecular complexity index is 690. The number of oxime groups is 1. The van der Waals surface area contributed by atoms with Crippen molar-refractivity contribution in [3.63, 3.8) is 0 Å². The zero-order valence-electron chi connectivity index (χ0n) is 11.8. The summed E-state index contributed by atoms with van der Waals surface area (Å²) < 4.78 is 28.2. The van der Waals surface area contributed by atoms with Crippen molar-refractivity contribution in [2.24, 2.45) is 5.16 Å². The molecule has 0 amide bonds. The molecule has 0 aliphatic carbocycles. The molecule has 120 valence electrons. The number of halogens is 2. The quantitative estimate of drug-likeness (QED) is 0.442. The van der Waals surface area contributed by atoms with Gasteiger partial charge in [-0.1, -0.05) is 17.3 Å². The minimum atomic E-state index is -2.87. The maximum atomic E-state index is 12.0. The first-order chi connectivity index (χ1) is 11.0. The second-order valence-electron chi connectivity index (χ2n) is 4.38. The molecule has 0 saturated heterocycles. The molecule has 0 bridgehead atoms. The van der Waals surface area contributed by atoms with Gasteiger partial charge in [0.2, 0.25) is 0 Å². The van der Waals surface area contributed by atoms with Crippen molar-refractivity contribution in [1.29, 1.82) is 0 Å². The van der Waals surface area contributed by atoms with E-state index in [2.05, 4.69) is 9.89 Å². The molecule has 0 unspecified atom stereocenters. The fourth-order valence-electron chi connectivity index (χ4n) is 1.71. The van der Waals surface area contributed by atoms with Gasteiger partial charge in [0.25, 0.3) is 5.69 Å². The van der Waals surface area contributed by atoms with Gasteiger partial charge in [-0.2, -0.15) is 8.78 Å². The summed E-state index contributed by atoms with van der Waals surface area (Å²) in [5, 5.41) is 14.4. The zero-order valence-corrected chi connectivity index (χ0v) is 11.8. The Hall–Kier alpha value is -3.03. The number of hydrogen-bond acceptors (Lipinski definition) is 5. The predicted octanol–water partition coefficient (Wildman–Crippen LogP) is 3.75. The number of non-ortho nitro benzene ring substituents is 1. The number of nitro benzene ring substituents is 1. The van der Waals surface area contributed by atoms with E-state index in [4.69, 9.17) is 4.84 Å². The molecule has 0 N–H and O–H groups in total. The molecule has 0 aromatic heterocycles. The average Bonchev–Trinajstić information content (AvgIpc) is 2.53. The van der Waals surface area contributed by atoms with Crippen LogP contribution in [0.5, 0.6) is 5.75 Å². The van der Waals surface area contributed by atoms with Crippen LogP contribution in [-0.4, -0.2) is 17.7 Å². The summed E-state index contributed by atoms with van der Waals surface area (Å²) in [6.45, 7) is -2.79. The number of nitro groups is 1. The van der Waals surface area contributed by atoms with Crippen LogP contribution in [0.15, 0.2) is 53.7 Å². The molecule has 23 heavy (non-hydrogen) atoms. The molecule has 6 nitrogen and oxygen atoms in total. The molecule has 2 aromatic rings. The van der Waals surface area contributed by atoms with Crippen LogP contribution in [0.1, 0.15) is 11.1 Å². The van der Waals surface area contributed by atoms with Crippen LogP contribution < -0.4 is 4.74 Å². The number of nitrogens with zero attached hydrogens (tertiary/aromatic N) is 2. The third kappa shape index (κ3) is 5.34. The molecule has 8 heteroatoms. The van der Waals surface area contributed by atoms with Gasteiger partial charge in [0.15, 0.2) is 0 Å². The minimum absolute atomic E-state index is 0.0234. The number of hydrogen-bond donors (Lipinski definition) is 0. The van der Waals surface area contributed by atoms with E-state index >= 15 is 0 Å². The SMILES string of the molecule is O=[N+]([O-])c1cccc(CON=Cc2ccc(OC(F)F)cc2)c1. The van der Waals surface area contributed by atoms with Gasteiger partial charge in [-0.15, -0.1) is 0 Å². The fourth-order valence-corrected chi connectivity index (χ4v) is 1.71. The largest absolute Gasteiger partial charge is 0.435 e. The fraction of sp³-hybridized carbons (Fsp3) is 0.133. The molecule has 0 fully saturated rings. The average molecular weight is 322 g/mol. The second kappa shape index (κ2) is 7.83. The van der Waals surface area contributed by atoms with Crippen LogP contribution in [0, 0.1) is 10.1 Å². The monoisotopic (exact) mass is 322 g/mol. The molecule has 0 spiro atoms. The van der Waals surface area contributed by atoms with Gasteiger partial charge in [0, 0.05) is 12.1 Å². The van der Waals surface area contributed by atoms with Gasteiger partial charge in [-0.3, -0.25) is 10.1 Å². The summed E-state index contributed by atoms with van der Waals surface area (Å²) in [6, 6.07) is 11.9.